The molecule has 0 radical (unpaired) electrons. The van der Waals surface area contributed by atoms with Crippen molar-refractivity contribution in [1.82, 2.24) is 5.43 Å². The molecule has 0 unspecified atom stereocenters. The Morgan fingerprint density at radius 3 is 2.56 bits per heavy atom. The summed E-state index contributed by atoms with van der Waals surface area (Å²) in [5.74, 6) is -0.899. The second-order valence-corrected chi connectivity index (χ2v) is 7.76. The van der Waals surface area contributed by atoms with E-state index in [9.17, 15) is 19.7 Å². The highest BCUT2D eigenvalue weighted by Gasteiger charge is 2.16. The van der Waals surface area contributed by atoms with Crippen LogP contribution in [0.5, 0.6) is 11.5 Å². The molecule has 0 bridgehead atoms. The molecule has 1 N–H and O–H groups in total. The first kappa shape index (κ1) is 24.1. The minimum Gasteiger partial charge on any atom is -0.477 e. The molecule has 0 spiro atoms. The first-order valence-electron chi connectivity index (χ1n) is 10.9. The number of esters is 1. The van der Waals surface area contributed by atoms with Gasteiger partial charge in [0.15, 0.2) is 12.4 Å². The lowest BCUT2D eigenvalue weighted by Crippen LogP contribution is -2.24. The first-order valence-corrected chi connectivity index (χ1v) is 10.9. The van der Waals surface area contributed by atoms with Gasteiger partial charge in [0.05, 0.1) is 16.7 Å². The van der Waals surface area contributed by atoms with Crippen LogP contribution in [0.15, 0.2) is 90.0 Å². The molecule has 36 heavy (non-hydrogen) atoms. The Morgan fingerprint density at radius 1 is 0.972 bits per heavy atom. The summed E-state index contributed by atoms with van der Waals surface area (Å²) >= 11 is 0. The number of hydrazone groups is 1. The van der Waals surface area contributed by atoms with E-state index in [1.165, 1.54) is 24.4 Å². The van der Waals surface area contributed by atoms with Crippen LogP contribution in [0.1, 0.15) is 21.5 Å². The van der Waals surface area contributed by atoms with E-state index in [1.807, 2.05) is 43.3 Å². The van der Waals surface area contributed by atoms with E-state index in [0.717, 1.165) is 16.3 Å². The zero-order valence-corrected chi connectivity index (χ0v) is 19.2. The molecule has 0 saturated carbocycles. The topological polar surface area (TPSA) is 120 Å². The van der Waals surface area contributed by atoms with Gasteiger partial charge >= 0.3 is 11.7 Å². The quantitative estimate of drug-likeness (QED) is 0.126. The lowest BCUT2D eigenvalue weighted by atomic mass is 10.0. The van der Waals surface area contributed by atoms with Gasteiger partial charge in [-0.15, -0.1) is 0 Å². The molecule has 4 aromatic carbocycles. The van der Waals surface area contributed by atoms with Crippen molar-refractivity contribution in [3.63, 3.8) is 0 Å². The van der Waals surface area contributed by atoms with Crippen molar-refractivity contribution in [1.29, 1.82) is 0 Å². The minimum atomic E-state index is -0.622. The number of benzene rings is 4. The number of hydrogen-bond acceptors (Lipinski definition) is 7. The normalized spacial score (nSPS) is 10.8. The Balaban J connectivity index is 1.51. The molecule has 4 aromatic rings. The van der Waals surface area contributed by atoms with Crippen molar-refractivity contribution in [2.45, 2.75) is 6.92 Å². The number of nitrogens with one attached hydrogen (secondary N) is 1. The molecule has 9 nitrogen and oxygen atoms in total. The number of amides is 1. The molecule has 180 valence electrons. The van der Waals surface area contributed by atoms with Crippen LogP contribution in [-0.2, 0) is 4.79 Å². The number of nitro benzene ring substituents is 1. The van der Waals surface area contributed by atoms with Gasteiger partial charge in [0, 0.05) is 11.6 Å². The van der Waals surface area contributed by atoms with Crippen LogP contribution in [0.3, 0.4) is 0 Å². The van der Waals surface area contributed by atoms with Crippen molar-refractivity contribution in [2.24, 2.45) is 5.10 Å². The number of para-hydroxylation sites is 2. The van der Waals surface area contributed by atoms with Gasteiger partial charge in [-0.2, -0.15) is 5.10 Å². The van der Waals surface area contributed by atoms with E-state index >= 15 is 0 Å². The second-order valence-electron chi connectivity index (χ2n) is 7.76. The number of aryl methyl sites for hydroxylation is 1. The molecule has 0 fully saturated rings. The van der Waals surface area contributed by atoms with E-state index < -0.39 is 23.4 Å². The van der Waals surface area contributed by atoms with Gasteiger partial charge in [-0.3, -0.25) is 14.9 Å². The van der Waals surface area contributed by atoms with Crippen molar-refractivity contribution in [2.75, 3.05) is 6.61 Å². The predicted molar refractivity (Wildman–Crippen MR) is 134 cm³/mol. The maximum absolute atomic E-state index is 12.7. The minimum absolute atomic E-state index is 0.0268. The molecule has 0 heterocycles. The van der Waals surface area contributed by atoms with E-state index in [1.54, 1.807) is 30.3 Å². The number of ether oxygens (including phenoxy) is 2. The molecule has 0 saturated heterocycles. The fraction of sp³-hybridized carbons (Fsp3) is 0.0741. The Bertz CT molecular complexity index is 1480. The summed E-state index contributed by atoms with van der Waals surface area (Å²) in [6, 6.07) is 23.8. The summed E-state index contributed by atoms with van der Waals surface area (Å²) in [5.41, 5.74) is 3.91. The Morgan fingerprint density at radius 2 is 1.75 bits per heavy atom. The number of carbonyl (C=O) groups is 2. The molecule has 1 amide bonds. The average molecular weight is 483 g/mol. The first-order chi connectivity index (χ1) is 17.4. The van der Waals surface area contributed by atoms with Gasteiger partial charge < -0.3 is 9.47 Å². The van der Waals surface area contributed by atoms with Gasteiger partial charge in [0.1, 0.15) is 5.75 Å². The number of nitro groups is 1. The zero-order chi connectivity index (χ0) is 25.5. The highest BCUT2D eigenvalue weighted by atomic mass is 16.6. The lowest BCUT2D eigenvalue weighted by Gasteiger charge is -2.11. The van der Waals surface area contributed by atoms with Crippen LogP contribution in [0.4, 0.5) is 5.69 Å². The van der Waals surface area contributed by atoms with E-state index in [-0.39, 0.29) is 17.2 Å². The van der Waals surface area contributed by atoms with E-state index in [2.05, 4.69) is 10.5 Å². The van der Waals surface area contributed by atoms with Gasteiger partial charge in [-0.1, -0.05) is 60.2 Å². The fourth-order valence-corrected chi connectivity index (χ4v) is 3.50. The van der Waals surface area contributed by atoms with Crippen molar-refractivity contribution in [3.05, 3.63) is 112 Å². The predicted octanol–water partition coefficient (Wildman–Crippen LogP) is 4.80. The van der Waals surface area contributed by atoms with Crippen LogP contribution < -0.4 is 14.9 Å². The molecule has 0 aliphatic carbocycles. The summed E-state index contributed by atoms with van der Waals surface area (Å²) in [5, 5.41) is 16.7. The maximum atomic E-state index is 12.7. The molecule has 4 rings (SSSR count). The number of hydrogen-bond donors (Lipinski definition) is 1. The Labute approximate surface area is 206 Å². The number of rotatable bonds is 8. The monoisotopic (exact) mass is 483 g/mol. The van der Waals surface area contributed by atoms with Gasteiger partial charge in [-0.05, 0) is 42.0 Å². The average Bonchev–Trinajstić information content (AvgIpc) is 2.88. The highest BCUT2D eigenvalue weighted by molar-refractivity contribution is 6.04. The van der Waals surface area contributed by atoms with Crippen LogP contribution in [0.25, 0.3) is 10.8 Å². The van der Waals surface area contributed by atoms with Crippen molar-refractivity contribution >= 4 is 34.6 Å². The number of fused-ring (bicyclic) bond motifs is 1. The summed E-state index contributed by atoms with van der Waals surface area (Å²) < 4.78 is 10.9. The third-order valence-corrected chi connectivity index (χ3v) is 5.19. The van der Waals surface area contributed by atoms with Gasteiger partial charge in [0.2, 0.25) is 0 Å². The summed E-state index contributed by atoms with van der Waals surface area (Å²) in [4.78, 5) is 35.4. The standard InChI is InChI=1S/C27H21N3O6/c1-18-7-6-9-20(15-18)27(32)36-24-14-13-19-8-2-3-10-21(19)22(24)16-28-29-26(31)17-35-25-12-5-4-11-23(25)30(33)34/h2-16H,17H2,1H3,(H,29,31). The smallest absolute Gasteiger partial charge is 0.343 e. The van der Waals surface area contributed by atoms with Crippen LogP contribution in [-0.4, -0.2) is 29.6 Å². The van der Waals surface area contributed by atoms with Gasteiger partial charge in [0.25, 0.3) is 5.91 Å². The zero-order valence-electron chi connectivity index (χ0n) is 19.2. The third kappa shape index (κ3) is 5.71. The number of carbonyl (C=O) groups excluding carboxylic acids is 2. The van der Waals surface area contributed by atoms with Crippen LogP contribution in [0, 0.1) is 17.0 Å². The SMILES string of the molecule is Cc1cccc(C(=O)Oc2ccc3ccccc3c2C=NNC(=O)COc2ccccc2[N+](=O)[O-])c1. The molecular weight excluding hydrogens is 462 g/mol. The molecule has 0 aromatic heterocycles. The van der Waals surface area contributed by atoms with E-state index in [4.69, 9.17) is 9.47 Å². The van der Waals surface area contributed by atoms with E-state index in [0.29, 0.717) is 11.1 Å². The molecule has 0 aliphatic rings. The fourth-order valence-electron chi connectivity index (χ4n) is 3.50. The Kier molecular flexibility index (Phi) is 7.30. The third-order valence-electron chi connectivity index (χ3n) is 5.19. The summed E-state index contributed by atoms with van der Waals surface area (Å²) in [6.07, 6.45) is 1.38. The summed E-state index contributed by atoms with van der Waals surface area (Å²) in [7, 11) is 0. The molecule has 9 heteroatoms. The summed E-state index contributed by atoms with van der Waals surface area (Å²) in [6.45, 7) is 1.40. The Hall–Kier alpha value is -5.05. The highest BCUT2D eigenvalue weighted by Crippen LogP contribution is 2.28. The lowest BCUT2D eigenvalue weighted by molar-refractivity contribution is -0.385. The second kappa shape index (κ2) is 10.9. The van der Waals surface area contributed by atoms with Crippen molar-refractivity contribution < 1.29 is 24.0 Å². The maximum Gasteiger partial charge on any atom is 0.343 e. The van der Waals surface area contributed by atoms with Crippen LogP contribution >= 0.6 is 0 Å². The van der Waals surface area contributed by atoms with Crippen molar-refractivity contribution in [3.8, 4) is 11.5 Å². The van der Waals surface area contributed by atoms with Crippen LogP contribution in [0.2, 0.25) is 0 Å². The molecular formula is C27H21N3O6. The number of nitrogens with zero attached hydrogens (tertiary/aromatic N) is 2. The molecule has 0 aliphatic heterocycles. The largest absolute Gasteiger partial charge is 0.477 e. The molecule has 0 atom stereocenters. The van der Waals surface area contributed by atoms with Gasteiger partial charge in [-0.25, -0.2) is 10.2 Å².